The molecule has 0 bridgehead atoms. The summed E-state index contributed by atoms with van der Waals surface area (Å²) >= 11 is 0. The molecular weight excluding hydrogens is 266 g/mol. The van der Waals surface area contributed by atoms with Gasteiger partial charge in [-0.1, -0.05) is 0 Å². The van der Waals surface area contributed by atoms with Crippen LogP contribution in [-0.4, -0.2) is 59.7 Å². The first kappa shape index (κ1) is 13.2. The quantitative estimate of drug-likeness (QED) is 0.516. The SMILES string of the molecule is CC1(O)[C@@H](O)[C@@H](CO)O[C@H]1n1ccc2c(N)nnnc21. The lowest BCUT2D eigenvalue weighted by Crippen LogP contribution is -2.44. The Morgan fingerprint density at radius 2 is 2.25 bits per heavy atom. The molecule has 0 spiro atoms. The first-order valence-electron chi connectivity index (χ1n) is 6.09. The van der Waals surface area contributed by atoms with Gasteiger partial charge in [0.2, 0.25) is 0 Å². The minimum Gasteiger partial charge on any atom is -0.394 e. The van der Waals surface area contributed by atoms with E-state index in [0.717, 1.165) is 0 Å². The van der Waals surface area contributed by atoms with Crippen LogP contribution < -0.4 is 5.73 Å². The molecule has 108 valence electrons. The molecule has 1 aliphatic heterocycles. The fourth-order valence-electron chi connectivity index (χ4n) is 2.49. The van der Waals surface area contributed by atoms with Gasteiger partial charge in [0.05, 0.1) is 12.0 Å². The number of nitrogens with two attached hydrogens (primary N) is 1. The zero-order valence-corrected chi connectivity index (χ0v) is 10.7. The number of ether oxygens (including phenoxy) is 1. The van der Waals surface area contributed by atoms with Crippen LogP contribution in [0, 0.1) is 0 Å². The summed E-state index contributed by atoms with van der Waals surface area (Å²) in [6, 6.07) is 1.67. The Morgan fingerprint density at radius 3 is 2.90 bits per heavy atom. The molecule has 1 aliphatic rings. The molecule has 0 aromatic carbocycles. The summed E-state index contributed by atoms with van der Waals surface area (Å²) in [6.07, 6.45) is -1.40. The van der Waals surface area contributed by atoms with E-state index < -0.39 is 30.6 Å². The summed E-state index contributed by atoms with van der Waals surface area (Å²) in [5, 5.41) is 41.2. The summed E-state index contributed by atoms with van der Waals surface area (Å²) < 4.78 is 7.03. The van der Waals surface area contributed by atoms with E-state index >= 15 is 0 Å². The molecule has 3 heterocycles. The average Bonchev–Trinajstić information content (AvgIpc) is 2.92. The maximum Gasteiger partial charge on any atom is 0.170 e. The molecule has 20 heavy (non-hydrogen) atoms. The highest BCUT2D eigenvalue weighted by Gasteiger charge is 2.53. The van der Waals surface area contributed by atoms with Crippen LogP contribution in [0.2, 0.25) is 0 Å². The second-order valence-electron chi connectivity index (χ2n) is 5.02. The Hall–Kier alpha value is -1.81. The third kappa shape index (κ3) is 1.68. The van der Waals surface area contributed by atoms with Gasteiger partial charge in [0.25, 0.3) is 0 Å². The highest BCUT2D eigenvalue weighted by molar-refractivity contribution is 5.85. The number of nitrogens with zero attached hydrogens (tertiary/aromatic N) is 4. The van der Waals surface area contributed by atoms with Crippen molar-refractivity contribution < 1.29 is 20.1 Å². The predicted octanol–water partition coefficient (Wildman–Crippen LogP) is -1.59. The minimum atomic E-state index is -1.58. The molecule has 3 rings (SSSR count). The number of rotatable bonds is 2. The molecule has 5 N–H and O–H groups in total. The van der Waals surface area contributed by atoms with Gasteiger partial charge in [0.1, 0.15) is 17.8 Å². The lowest BCUT2D eigenvalue weighted by Gasteiger charge is -2.27. The number of nitrogen functional groups attached to an aromatic ring is 1. The van der Waals surface area contributed by atoms with Crippen LogP contribution in [0.4, 0.5) is 5.82 Å². The Kier molecular flexibility index (Phi) is 2.87. The number of fused-ring (bicyclic) bond motifs is 1. The summed E-state index contributed by atoms with van der Waals surface area (Å²) in [5.74, 6) is 0.214. The van der Waals surface area contributed by atoms with E-state index in [-0.39, 0.29) is 5.82 Å². The fraction of sp³-hybridized carbons (Fsp3) is 0.545. The average molecular weight is 281 g/mol. The van der Waals surface area contributed by atoms with Gasteiger partial charge in [0, 0.05) is 6.20 Å². The van der Waals surface area contributed by atoms with Crippen molar-refractivity contribution in [3.8, 4) is 0 Å². The lowest BCUT2D eigenvalue weighted by atomic mass is 9.96. The third-order valence-corrected chi connectivity index (χ3v) is 3.64. The van der Waals surface area contributed by atoms with Crippen molar-refractivity contribution in [2.24, 2.45) is 0 Å². The van der Waals surface area contributed by atoms with Gasteiger partial charge in [0.15, 0.2) is 17.7 Å². The zero-order valence-electron chi connectivity index (χ0n) is 10.7. The van der Waals surface area contributed by atoms with E-state index in [2.05, 4.69) is 15.4 Å². The maximum absolute atomic E-state index is 10.4. The van der Waals surface area contributed by atoms with E-state index in [1.165, 1.54) is 11.5 Å². The standard InChI is InChI=1S/C11H15N5O4/c1-11(19)7(18)6(4-17)20-10(11)16-3-2-5-8(12)13-15-14-9(5)16/h2-3,6-7,10,17-19H,4H2,1H3,(H2,12,13,14)/t6-,7+,10-,11?/m1/s1. The van der Waals surface area contributed by atoms with Crippen molar-refractivity contribution in [3.05, 3.63) is 12.3 Å². The second-order valence-corrected chi connectivity index (χ2v) is 5.02. The lowest BCUT2D eigenvalue weighted by molar-refractivity contribution is -0.0948. The maximum atomic E-state index is 10.4. The zero-order chi connectivity index (χ0) is 14.5. The van der Waals surface area contributed by atoms with E-state index in [1.807, 2.05) is 0 Å². The number of aliphatic hydroxyl groups excluding tert-OH is 2. The number of hydrogen-bond acceptors (Lipinski definition) is 8. The highest BCUT2D eigenvalue weighted by Crippen LogP contribution is 2.39. The molecule has 0 radical (unpaired) electrons. The fourth-order valence-corrected chi connectivity index (χ4v) is 2.49. The molecule has 0 saturated carbocycles. The topological polar surface area (TPSA) is 140 Å². The number of hydrogen-bond donors (Lipinski definition) is 4. The molecule has 4 atom stereocenters. The van der Waals surface area contributed by atoms with Crippen LogP contribution in [0.25, 0.3) is 11.0 Å². The minimum absolute atomic E-state index is 0.214. The second kappa shape index (κ2) is 4.35. The molecular formula is C11H15N5O4. The summed E-state index contributed by atoms with van der Waals surface area (Å²) in [4.78, 5) is 0. The van der Waals surface area contributed by atoms with Gasteiger partial charge in [-0.05, 0) is 18.2 Å². The van der Waals surface area contributed by atoms with Crippen molar-refractivity contribution in [1.29, 1.82) is 0 Å². The molecule has 1 fully saturated rings. The molecule has 1 saturated heterocycles. The highest BCUT2D eigenvalue weighted by atomic mass is 16.6. The van der Waals surface area contributed by atoms with E-state index in [1.54, 1.807) is 12.3 Å². The first-order valence-corrected chi connectivity index (χ1v) is 6.09. The van der Waals surface area contributed by atoms with Crippen LogP contribution in [0.5, 0.6) is 0 Å². The Bertz CT molecular complexity index is 643. The summed E-state index contributed by atoms with van der Waals surface area (Å²) in [5.41, 5.74) is 4.50. The van der Waals surface area contributed by atoms with Crippen molar-refractivity contribution in [3.63, 3.8) is 0 Å². The van der Waals surface area contributed by atoms with E-state index in [4.69, 9.17) is 10.5 Å². The molecule has 1 unspecified atom stereocenters. The molecule has 2 aromatic heterocycles. The van der Waals surface area contributed by atoms with E-state index in [0.29, 0.717) is 11.0 Å². The van der Waals surface area contributed by atoms with E-state index in [9.17, 15) is 15.3 Å². The molecule has 0 amide bonds. The van der Waals surface area contributed by atoms with Crippen molar-refractivity contribution >= 4 is 16.9 Å². The van der Waals surface area contributed by atoms with Gasteiger partial charge >= 0.3 is 0 Å². The van der Waals surface area contributed by atoms with Crippen LogP contribution in [0.1, 0.15) is 13.2 Å². The van der Waals surface area contributed by atoms with Crippen molar-refractivity contribution in [1.82, 2.24) is 20.0 Å². The van der Waals surface area contributed by atoms with Gasteiger partial charge in [-0.15, -0.1) is 10.2 Å². The van der Waals surface area contributed by atoms with Gasteiger partial charge in [-0.3, -0.25) is 0 Å². The van der Waals surface area contributed by atoms with Crippen molar-refractivity contribution in [2.75, 3.05) is 12.3 Å². The summed E-state index contributed by atoms with van der Waals surface area (Å²) in [7, 11) is 0. The Labute approximate surface area is 113 Å². The summed E-state index contributed by atoms with van der Waals surface area (Å²) in [6.45, 7) is 1.03. The largest absolute Gasteiger partial charge is 0.394 e. The predicted molar refractivity (Wildman–Crippen MR) is 67.4 cm³/mol. The Morgan fingerprint density at radius 1 is 1.50 bits per heavy atom. The monoisotopic (exact) mass is 281 g/mol. The van der Waals surface area contributed by atoms with Crippen LogP contribution >= 0.6 is 0 Å². The first-order chi connectivity index (χ1) is 9.46. The van der Waals surface area contributed by atoms with Crippen LogP contribution in [0.3, 0.4) is 0 Å². The number of aliphatic hydroxyl groups is 3. The number of aromatic nitrogens is 4. The molecule has 9 nitrogen and oxygen atoms in total. The van der Waals surface area contributed by atoms with Crippen molar-refractivity contribution in [2.45, 2.75) is 31.0 Å². The van der Waals surface area contributed by atoms with Gasteiger partial charge in [-0.25, -0.2) is 0 Å². The van der Waals surface area contributed by atoms with Gasteiger partial charge in [-0.2, -0.15) is 0 Å². The normalized spacial score (nSPS) is 33.9. The third-order valence-electron chi connectivity index (χ3n) is 3.64. The molecule has 9 heteroatoms. The Balaban J connectivity index is 2.10. The van der Waals surface area contributed by atoms with Gasteiger partial charge < -0.3 is 30.4 Å². The van der Waals surface area contributed by atoms with Crippen LogP contribution in [-0.2, 0) is 4.74 Å². The smallest absolute Gasteiger partial charge is 0.170 e. The molecule has 0 aliphatic carbocycles. The van der Waals surface area contributed by atoms with Crippen LogP contribution in [0.15, 0.2) is 12.3 Å². The molecule has 2 aromatic rings. The number of anilines is 1.